The Morgan fingerprint density at radius 1 is 1.53 bits per heavy atom. The summed E-state index contributed by atoms with van der Waals surface area (Å²) < 4.78 is 4.70. The molecule has 1 aromatic heterocycles. The van der Waals surface area contributed by atoms with E-state index in [1.807, 2.05) is 0 Å². The fraction of sp³-hybridized carbons (Fsp3) is 0.571. The van der Waals surface area contributed by atoms with Crippen LogP contribution in [0.25, 0.3) is 0 Å². The molecule has 1 aliphatic rings. The Bertz CT molecular complexity index is 462. The Morgan fingerprint density at radius 3 is 3.00 bits per heavy atom. The van der Waals surface area contributed by atoms with Crippen LogP contribution in [-0.4, -0.2) is 24.1 Å². The third kappa shape index (κ3) is 3.36. The molecule has 0 aromatic carbocycles. The van der Waals surface area contributed by atoms with Gasteiger partial charge in [0.1, 0.15) is 5.82 Å². The second kappa shape index (κ2) is 5.91. The zero-order valence-corrected chi connectivity index (χ0v) is 11.5. The van der Waals surface area contributed by atoms with Gasteiger partial charge < -0.3 is 15.8 Å². The highest BCUT2D eigenvalue weighted by atomic mass is 16.5. The lowest BCUT2D eigenvalue weighted by molar-refractivity contribution is 0.0602. The van der Waals surface area contributed by atoms with Crippen molar-refractivity contribution in [2.24, 2.45) is 5.92 Å². The summed E-state index contributed by atoms with van der Waals surface area (Å²) in [5, 5.41) is 3.38. The molecule has 1 saturated carbocycles. The van der Waals surface area contributed by atoms with E-state index in [0.29, 0.717) is 23.1 Å². The van der Waals surface area contributed by atoms with Crippen LogP contribution in [0.2, 0.25) is 0 Å². The highest BCUT2D eigenvalue weighted by Crippen LogP contribution is 2.26. The minimum absolute atomic E-state index is 0.342. The first-order valence-electron chi connectivity index (χ1n) is 6.70. The molecule has 0 radical (unpaired) electrons. The molecule has 104 valence electrons. The topological polar surface area (TPSA) is 77.2 Å². The molecule has 0 saturated heterocycles. The number of hydrogen-bond donors (Lipinski definition) is 2. The highest BCUT2D eigenvalue weighted by molar-refractivity contribution is 5.95. The average Bonchev–Trinajstić information content (AvgIpc) is 2.40. The summed E-state index contributed by atoms with van der Waals surface area (Å²) in [7, 11) is 1.35. The van der Waals surface area contributed by atoms with Gasteiger partial charge in [0.15, 0.2) is 0 Å². The van der Waals surface area contributed by atoms with Gasteiger partial charge in [-0.25, -0.2) is 9.78 Å². The molecule has 2 atom stereocenters. The van der Waals surface area contributed by atoms with Gasteiger partial charge in [-0.15, -0.1) is 0 Å². The van der Waals surface area contributed by atoms with E-state index < -0.39 is 5.97 Å². The average molecular weight is 263 g/mol. The van der Waals surface area contributed by atoms with Crippen molar-refractivity contribution in [2.75, 3.05) is 18.2 Å². The zero-order valence-electron chi connectivity index (χ0n) is 11.5. The van der Waals surface area contributed by atoms with E-state index in [2.05, 4.69) is 17.2 Å². The normalized spacial score (nSPS) is 22.8. The molecule has 0 spiro atoms. The van der Waals surface area contributed by atoms with E-state index in [0.717, 1.165) is 18.8 Å². The summed E-state index contributed by atoms with van der Waals surface area (Å²) in [6, 6.07) is 2.09. The number of rotatable bonds is 3. The molecule has 0 bridgehead atoms. The quantitative estimate of drug-likeness (QED) is 0.819. The number of nitrogens with one attached hydrogen (secondary N) is 1. The van der Waals surface area contributed by atoms with Crippen molar-refractivity contribution in [3.05, 3.63) is 17.8 Å². The Hall–Kier alpha value is -1.78. The third-order valence-corrected chi connectivity index (χ3v) is 3.63. The van der Waals surface area contributed by atoms with Crippen molar-refractivity contribution >= 4 is 17.5 Å². The van der Waals surface area contributed by atoms with Crippen LogP contribution in [0.5, 0.6) is 0 Å². The van der Waals surface area contributed by atoms with E-state index >= 15 is 0 Å². The van der Waals surface area contributed by atoms with Crippen LogP contribution in [0.3, 0.4) is 0 Å². The molecule has 2 unspecified atom stereocenters. The van der Waals surface area contributed by atoms with Crippen molar-refractivity contribution in [1.29, 1.82) is 0 Å². The number of esters is 1. The number of carbonyl (C=O) groups is 1. The van der Waals surface area contributed by atoms with Gasteiger partial charge in [0.05, 0.1) is 24.6 Å². The standard InChI is InChI=1S/C14H21N3O2/c1-9-4-3-5-10(6-9)17-13-7-11(14(18)19-2)12(15)8-16-13/h7-10H,3-6,15H2,1-2H3,(H,16,17). The summed E-state index contributed by atoms with van der Waals surface area (Å²) in [4.78, 5) is 15.8. The predicted octanol–water partition coefficient (Wildman–Crippen LogP) is 2.44. The first kappa shape index (κ1) is 13.6. The van der Waals surface area contributed by atoms with Crippen LogP contribution >= 0.6 is 0 Å². The number of pyridine rings is 1. The molecule has 1 heterocycles. The molecule has 1 aliphatic carbocycles. The fourth-order valence-corrected chi connectivity index (χ4v) is 2.61. The Kier molecular flexibility index (Phi) is 4.24. The first-order chi connectivity index (χ1) is 9.10. The van der Waals surface area contributed by atoms with Gasteiger partial charge in [-0.2, -0.15) is 0 Å². The van der Waals surface area contributed by atoms with Crippen molar-refractivity contribution < 1.29 is 9.53 Å². The highest BCUT2D eigenvalue weighted by Gasteiger charge is 2.20. The smallest absolute Gasteiger partial charge is 0.340 e. The molecule has 5 nitrogen and oxygen atoms in total. The minimum Gasteiger partial charge on any atom is -0.465 e. The lowest BCUT2D eigenvalue weighted by Gasteiger charge is -2.28. The second-order valence-corrected chi connectivity index (χ2v) is 5.26. The number of nitrogens with zero attached hydrogens (tertiary/aromatic N) is 1. The van der Waals surface area contributed by atoms with Gasteiger partial charge in [0.2, 0.25) is 0 Å². The molecule has 0 aliphatic heterocycles. The Balaban J connectivity index is 2.10. The number of nitrogen functional groups attached to an aromatic ring is 1. The third-order valence-electron chi connectivity index (χ3n) is 3.63. The number of methoxy groups -OCH3 is 1. The van der Waals surface area contributed by atoms with Gasteiger partial charge in [-0.3, -0.25) is 0 Å². The van der Waals surface area contributed by atoms with Gasteiger partial charge in [-0.1, -0.05) is 19.8 Å². The first-order valence-corrected chi connectivity index (χ1v) is 6.70. The van der Waals surface area contributed by atoms with Crippen LogP contribution in [-0.2, 0) is 4.74 Å². The minimum atomic E-state index is -0.431. The zero-order chi connectivity index (χ0) is 13.8. The molecule has 2 rings (SSSR count). The van der Waals surface area contributed by atoms with E-state index in [9.17, 15) is 4.79 Å². The monoisotopic (exact) mass is 263 g/mol. The molecule has 1 aromatic rings. The van der Waals surface area contributed by atoms with Crippen molar-refractivity contribution in [3.63, 3.8) is 0 Å². The van der Waals surface area contributed by atoms with Crippen molar-refractivity contribution in [1.82, 2.24) is 4.98 Å². The van der Waals surface area contributed by atoms with E-state index in [1.54, 1.807) is 6.07 Å². The molecule has 19 heavy (non-hydrogen) atoms. The number of carbonyl (C=O) groups excluding carboxylic acids is 1. The summed E-state index contributed by atoms with van der Waals surface area (Å²) >= 11 is 0. The summed E-state index contributed by atoms with van der Waals surface area (Å²) in [6.07, 6.45) is 6.31. The van der Waals surface area contributed by atoms with E-state index in [1.165, 1.54) is 26.1 Å². The molecule has 3 N–H and O–H groups in total. The number of hydrogen-bond acceptors (Lipinski definition) is 5. The predicted molar refractivity (Wildman–Crippen MR) is 75.0 cm³/mol. The molecule has 0 amide bonds. The SMILES string of the molecule is COC(=O)c1cc(NC2CCCC(C)C2)ncc1N. The molecular weight excluding hydrogens is 242 g/mol. The van der Waals surface area contributed by atoms with E-state index in [-0.39, 0.29) is 0 Å². The van der Waals surface area contributed by atoms with Crippen LogP contribution in [0, 0.1) is 5.92 Å². The summed E-state index contributed by atoms with van der Waals surface area (Å²) in [6.45, 7) is 2.27. The van der Waals surface area contributed by atoms with Gasteiger partial charge in [0.25, 0.3) is 0 Å². The number of ether oxygens (including phenoxy) is 1. The van der Waals surface area contributed by atoms with Crippen LogP contribution in [0.4, 0.5) is 11.5 Å². The molecule has 5 heteroatoms. The maximum Gasteiger partial charge on any atom is 0.340 e. The van der Waals surface area contributed by atoms with Gasteiger partial charge >= 0.3 is 5.97 Å². The van der Waals surface area contributed by atoms with Crippen LogP contribution in [0.15, 0.2) is 12.3 Å². The number of nitrogens with two attached hydrogens (primary N) is 1. The Labute approximate surface area is 113 Å². The molecule has 1 fully saturated rings. The lowest BCUT2D eigenvalue weighted by atomic mass is 9.87. The number of anilines is 2. The second-order valence-electron chi connectivity index (χ2n) is 5.26. The van der Waals surface area contributed by atoms with Crippen LogP contribution in [0.1, 0.15) is 43.0 Å². The Morgan fingerprint density at radius 2 is 2.32 bits per heavy atom. The summed E-state index contributed by atoms with van der Waals surface area (Å²) in [5.41, 5.74) is 6.44. The maximum absolute atomic E-state index is 11.6. The lowest BCUT2D eigenvalue weighted by Crippen LogP contribution is -2.26. The number of aromatic nitrogens is 1. The van der Waals surface area contributed by atoms with Crippen molar-refractivity contribution in [2.45, 2.75) is 38.6 Å². The van der Waals surface area contributed by atoms with Gasteiger partial charge in [-0.05, 0) is 24.8 Å². The maximum atomic E-state index is 11.6. The summed E-state index contributed by atoms with van der Waals surface area (Å²) in [5.74, 6) is 0.994. The van der Waals surface area contributed by atoms with Crippen molar-refractivity contribution in [3.8, 4) is 0 Å². The van der Waals surface area contributed by atoms with E-state index in [4.69, 9.17) is 10.5 Å². The van der Waals surface area contributed by atoms with Crippen LogP contribution < -0.4 is 11.1 Å². The van der Waals surface area contributed by atoms with Gasteiger partial charge in [0, 0.05) is 6.04 Å². The fourth-order valence-electron chi connectivity index (χ4n) is 2.61. The molecular formula is C14H21N3O2. The largest absolute Gasteiger partial charge is 0.465 e.